The number of nitrogens with zero attached hydrogens (tertiary/aromatic N) is 1. The summed E-state index contributed by atoms with van der Waals surface area (Å²) in [5.41, 5.74) is 11.3. The van der Waals surface area contributed by atoms with Crippen molar-refractivity contribution in [2.24, 2.45) is 22.8 Å². The summed E-state index contributed by atoms with van der Waals surface area (Å²) in [5, 5.41) is 0. The second-order valence-electron chi connectivity index (χ2n) is 6.14. The second kappa shape index (κ2) is 5.83. The highest BCUT2D eigenvalue weighted by Gasteiger charge is 2.29. The van der Waals surface area contributed by atoms with E-state index < -0.39 is 0 Å². The Hall–Kier alpha value is -0.610. The summed E-state index contributed by atoms with van der Waals surface area (Å²) >= 11 is 0. The number of carbonyl (C=O) groups excluding carboxylic acids is 1. The average Bonchev–Trinajstić information content (AvgIpc) is 2.27. The van der Waals surface area contributed by atoms with Crippen molar-refractivity contribution in [1.29, 1.82) is 0 Å². The number of rotatable bonds is 5. The van der Waals surface area contributed by atoms with E-state index in [-0.39, 0.29) is 17.2 Å². The second-order valence-corrected chi connectivity index (χ2v) is 6.14. The quantitative estimate of drug-likeness (QED) is 0.752. The van der Waals surface area contributed by atoms with Crippen molar-refractivity contribution in [2.75, 3.05) is 19.6 Å². The molecule has 0 radical (unpaired) electrons. The first-order valence-corrected chi connectivity index (χ1v) is 6.59. The van der Waals surface area contributed by atoms with Crippen molar-refractivity contribution >= 4 is 5.91 Å². The maximum atomic E-state index is 11.2. The smallest absolute Gasteiger partial charge is 0.221 e. The highest BCUT2D eigenvalue weighted by Crippen LogP contribution is 2.25. The molecule has 1 rings (SSSR count). The van der Waals surface area contributed by atoms with E-state index in [1.807, 2.05) is 0 Å². The molecule has 1 amide bonds. The zero-order valence-electron chi connectivity index (χ0n) is 11.4. The van der Waals surface area contributed by atoms with Gasteiger partial charge < -0.3 is 11.5 Å². The number of amides is 1. The van der Waals surface area contributed by atoms with Gasteiger partial charge in [0.1, 0.15) is 0 Å². The molecule has 1 heterocycles. The molecule has 4 nitrogen and oxygen atoms in total. The Morgan fingerprint density at radius 3 is 2.59 bits per heavy atom. The Bertz CT molecular complexity index is 265. The highest BCUT2D eigenvalue weighted by atomic mass is 16.1. The fourth-order valence-electron chi connectivity index (χ4n) is 2.27. The summed E-state index contributed by atoms with van der Waals surface area (Å²) < 4.78 is 0. The molecule has 0 aliphatic carbocycles. The molecule has 4 N–H and O–H groups in total. The standard InChI is InChI=1S/C13H27N3O/c1-10-4-5-11(12(15)17)8-16(10)7-6-13(2,3)9-14/h10-11H,4-9,14H2,1-3H3,(H2,15,17). The Kier molecular flexibility index (Phi) is 4.95. The molecule has 1 aliphatic rings. The minimum Gasteiger partial charge on any atom is -0.369 e. The number of carbonyl (C=O) groups is 1. The lowest BCUT2D eigenvalue weighted by Crippen LogP contribution is -2.47. The molecule has 1 saturated heterocycles. The zero-order valence-corrected chi connectivity index (χ0v) is 11.4. The third kappa shape index (κ3) is 4.28. The SMILES string of the molecule is CC1CCC(C(N)=O)CN1CCC(C)(C)CN. The molecule has 0 bridgehead atoms. The van der Waals surface area contributed by atoms with Gasteiger partial charge >= 0.3 is 0 Å². The van der Waals surface area contributed by atoms with Crippen molar-refractivity contribution in [2.45, 2.75) is 46.1 Å². The Morgan fingerprint density at radius 1 is 1.41 bits per heavy atom. The van der Waals surface area contributed by atoms with E-state index in [0.29, 0.717) is 12.6 Å². The van der Waals surface area contributed by atoms with Gasteiger partial charge in [-0.2, -0.15) is 0 Å². The maximum Gasteiger partial charge on any atom is 0.221 e. The van der Waals surface area contributed by atoms with Crippen molar-refractivity contribution in [3.8, 4) is 0 Å². The van der Waals surface area contributed by atoms with Gasteiger partial charge in [-0.15, -0.1) is 0 Å². The van der Waals surface area contributed by atoms with Gasteiger partial charge in [0.05, 0.1) is 5.92 Å². The van der Waals surface area contributed by atoms with E-state index in [9.17, 15) is 4.79 Å². The van der Waals surface area contributed by atoms with E-state index in [2.05, 4.69) is 25.7 Å². The first kappa shape index (κ1) is 14.5. The van der Waals surface area contributed by atoms with Crippen LogP contribution in [0.25, 0.3) is 0 Å². The van der Waals surface area contributed by atoms with E-state index >= 15 is 0 Å². The minimum absolute atomic E-state index is 0.0344. The van der Waals surface area contributed by atoms with Gasteiger partial charge in [0.25, 0.3) is 0 Å². The molecule has 4 heteroatoms. The monoisotopic (exact) mass is 241 g/mol. The highest BCUT2D eigenvalue weighted by molar-refractivity contribution is 5.76. The lowest BCUT2D eigenvalue weighted by Gasteiger charge is -2.38. The summed E-state index contributed by atoms with van der Waals surface area (Å²) in [7, 11) is 0. The first-order chi connectivity index (χ1) is 7.85. The molecule has 0 saturated carbocycles. The van der Waals surface area contributed by atoms with Gasteiger partial charge in [0.2, 0.25) is 5.91 Å². The Morgan fingerprint density at radius 2 is 2.06 bits per heavy atom. The molecule has 0 aromatic rings. The molecular formula is C13H27N3O. The number of hydrogen-bond acceptors (Lipinski definition) is 3. The molecular weight excluding hydrogens is 214 g/mol. The predicted molar refractivity (Wildman–Crippen MR) is 70.4 cm³/mol. The van der Waals surface area contributed by atoms with Crippen LogP contribution < -0.4 is 11.5 Å². The van der Waals surface area contributed by atoms with E-state index in [1.165, 1.54) is 0 Å². The molecule has 2 unspecified atom stereocenters. The van der Waals surface area contributed by atoms with Crippen LogP contribution in [0.4, 0.5) is 0 Å². The molecule has 1 fully saturated rings. The fraction of sp³-hybridized carbons (Fsp3) is 0.923. The van der Waals surface area contributed by atoms with Crippen LogP contribution in [-0.4, -0.2) is 36.5 Å². The van der Waals surface area contributed by atoms with Crippen LogP contribution >= 0.6 is 0 Å². The fourth-order valence-corrected chi connectivity index (χ4v) is 2.27. The summed E-state index contributed by atoms with van der Waals surface area (Å²) in [4.78, 5) is 13.6. The summed E-state index contributed by atoms with van der Waals surface area (Å²) in [5.74, 6) is -0.118. The van der Waals surface area contributed by atoms with E-state index in [4.69, 9.17) is 11.5 Å². The molecule has 1 aliphatic heterocycles. The van der Waals surface area contributed by atoms with E-state index in [0.717, 1.165) is 32.4 Å². The summed E-state index contributed by atoms with van der Waals surface area (Å²) in [6, 6.07) is 0.555. The first-order valence-electron chi connectivity index (χ1n) is 6.59. The van der Waals surface area contributed by atoms with Gasteiger partial charge in [-0.05, 0) is 44.7 Å². The molecule has 0 spiro atoms. The Labute approximate surface area is 105 Å². The minimum atomic E-state index is -0.153. The molecule has 2 atom stereocenters. The molecule has 0 aromatic carbocycles. The number of hydrogen-bond donors (Lipinski definition) is 2. The van der Waals surface area contributed by atoms with Crippen LogP contribution in [-0.2, 0) is 4.79 Å². The van der Waals surface area contributed by atoms with Crippen molar-refractivity contribution in [3.05, 3.63) is 0 Å². The Balaban J connectivity index is 2.48. The molecule has 17 heavy (non-hydrogen) atoms. The average molecular weight is 241 g/mol. The van der Waals surface area contributed by atoms with Gasteiger partial charge in [-0.25, -0.2) is 0 Å². The maximum absolute atomic E-state index is 11.2. The predicted octanol–water partition coefficient (Wildman–Crippen LogP) is 0.947. The van der Waals surface area contributed by atoms with Crippen LogP contribution in [0.2, 0.25) is 0 Å². The number of likely N-dealkylation sites (tertiary alicyclic amines) is 1. The number of nitrogens with two attached hydrogens (primary N) is 2. The van der Waals surface area contributed by atoms with Crippen molar-refractivity contribution < 1.29 is 4.79 Å². The lowest BCUT2D eigenvalue weighted by atomic mass is 9.87. The van der Waals surface area contributed by atoms with Crippen LogP contribution in [0.3, 0.4) is 0 Å². The topological polar surface area (TPSA) is 72.4 Å². The van der Waals surface area contributed by atoms with Crippen LogP contribution in [0.5, 0.6) is 0 Å². The normalized spacial score (nSPS) is 27.1. The third-order valence-corrected chi connectivity index (χ3v) is 4.04. The summed E-state index contributed by atoms with van der Waals surface area (Å²) in [6.07, 6.45) is 3.07. The molecule has 0 aromatic heterocycles. The van der Waals surface area contributed by atoms with Crippen molar-refractivity contribution in [3.63, 3.8) is 0 Å². The zero-order chi connectivity index (χ0) is 13.1. The van der Waals surface area contributed by atoms with Gasteiger partial charge in [-0.3, -0.25) is 9.69 Å². The van der Waals surface area contributed by atoms with Gasteiger partial charge in [-0.1, -0.05) is 13.8 Å². The number of piperidine rings is 1. The summed E-state index contributed by atoms with van der Waals surface area (Å²) in [6.45, 7) is 9.13. The van der Waals surface area contributed by atoms with Gasteiger partial charge in [0, 0.05) is 12.6 Å². The third-order valence-electron chi connectivity index (χ3n) is 4.04. The van der Waals surface area contributed by atoms with Crippen LogP contribution in [0.1, 0.15) is 40.0 Å². The molecule has 100 valence electrons. The van der Waals surface area contributed by atoms with Crippen LogP contribution in [0.15, 0.2) is 0 Å². The van der Waals surface area contributed by atoms with Crippen LogP contribution in [0, 0.1) is 11.3 Å². The van der Waals surface area contributed by atoms with E-state index in [1.54, 1.807) is 0 Å². The lowest BCUT2D eigenvalue weighted by molar-refractivity contribution is -0.124. The largest absolute Gasteiger partial charge is 0.369 e. The van der Waals surface area contributed by atoms with Gasteiger partial charge in [0.15, 0.2) is 0 Å². The number of primary amides is 1. The van der Waals surface area contributed by atoms with Crippen molar-refractivity contribution in [1.82, 2.24) is 4.90 Å².